The van der Waals surface area contributed by atoms with Gasteiger partial charge in [-0.3, -0.25) is 4.79 Å². The lowest BCUT2D eigenvalue weighted by Crippen LogP contribution is -2.26. The van der Waals surface area contributed by atoms with Crippen LogP contribution in [0.25, 0.3) is 0 Å². The summed E-state index contributed by atoms with van der Waals surface area (Å²) >= 11 is 0. The lowest BCUT2D eigenvalue weighted by Gasteiger charge is -2.18. The van der Waals surface area contributed by atoms with Crippen molar-refractivity contribution in [2.24, 2.45) is 0 Å². The zero-order valence-corrected chi connectivity index (χ0v) is 11.6. The molecule has 0 aliphatic heterocycles. The van der Waals surface area contributed by atoms with Crippen LogP contribution in [0.4, 0.5) is 4.79 Å². The molecular formula is C9H18NO8P. The van der Waals surface area contributed by atoms with Crippen LogP contribution in [0.1, 0.15) is 0 Å². The smallest absolute Gasteiger partial charge is 0.458 e. The minimum absolute atomic E-state index is 0.0921. The molecule has 2 unspecified atom stereocenters. The molecule has 112 valence electrons. The summed E-state index contributed by atoms with van der Waals surface area (Å²) in [4.78, 5) is 20.5. The first kappa shape index (κ1) is 18.0. The van der Waals surface area contributed by atoms with Crippen molar-refractivity contribution in [3.8, 4) is 0 Å². The molecule has 0 aliphatic rings. The summed E-state index contributed by atoms with van der Waals surface area (Å²) in [6.45, 7) is 0.793. The third-order valence-corrected chi connectivity index (χ3v) is 2.76. The van der Waals surface area contributed by atoms with Gasteiger partial charge < -0.3 is 33.5 Å². The van der Waals surface area contributed by atoms with Gasteiger partial charge in [-0.15, -0.1) is 0 Å². The van der Waals surface area contributed by atoms with E-state index in [2.05, 4.69) is 14.8 Å². The molecule has 0 aromatic rings. The summed E-state index contributed by atoms with van der Waals surface area (Å²) in [6, 6.07) is 0. The van der Waals surface area contributed by atoms with E-state index in [0.717, 1.165) is 0 Å². The van der Waals surface area contributed by atoms with Gasteiger partial charge in [-0.1, -0.05) is 0 Å². The first-order chi connectivity index (χ1) is 9.13. The van der Waals surface area contributed by atoms with Crippen molar-refractivity contribution in [3.63, 3.8) is 0 Å². The van der Waals surface area contributed by atoms with Gasteiger partial charge in [0.25, 0.3) is 6.47 Å². The summed E-state index contributed by atoms with van der Waals surface area (Å²) < 4.78 is 24.3. The van der Waals surface area contributed by atoms with Gasteiger partial charge in [0.1, 0.15) is 6.61 Å². The number of likely N-dealkylation sites (N-methyl/N-ethyl adjacent to an activating group) is 1. The van der Waals surface area contributed by atoms with Crippen molar-refractivity contribution in [1.82, 2.24) is 5.32 Å². The Morgan fingerprint density at radius 3 is 2.68 bits per heavy atom. The number of hydrogen-bond acceptors (Lipinski definition) is 8. The van der Waals surface area contributed by atoms with Crippen LogP contribution in [0.5, 0.6) is 0 Å². The minimum Gasteiger partial charge on any atom is -0.458 e. The monoisotopic (exact) mass is 299 g/mol. The van der Waals surface area contributed by atoms with Crippen molar-refractivity contribution in [2.45, 2.75) is 6.10 Å². The highest BCUT2D eigenvalue weighted by Gasteiger charge is 2.18. The number of hydrogen-bond donors (Lipinski definition) is 2. The van der Waals surface area contributed by atoms with E-state index in [1.165, 1.54) is 7.11 Å². The highest BCUT2D eigenvalue weighted by atomic mass is 31.2. The molecule has 0 saturated heterocycles. The molecule has 0 bridgehead atoms. The molecule has 2 atom stereocenters. The van der Waals surface area contributed by atoms with Crippen molar-refractivity contribution < 1.29 is 37.7 Å². The molecule has 0 rings (SSSR count). The Bertz CT molecular complexity index is 254. The van der Waals surface area contributed by atoms with Crippen molar-refractivity contribution in [2.75, 3.05) is 40.5 Å². The molecule has 9 nitrogen and oxygen atoms in total. The quantitative estimate of drug-likeness (QED) is 0.228. The molecule has 0 aliphatic carbocycles. The van der Waals surface area contributed by atoms with Gasteiger partial charge in [-0.05, 0) is 7.05 Å². The second-order valence-electron chi connectivity index (χ2n) is 3.07. The molecule has 0 radical (unpaired) electrons. The van der Waals surface area contributed by atoms with Crippen LogP contribution in [0.15, 0.2) is 0 Å². The van der Waals surface area contributed by atoms with E-state index in [1.54, 1.807) is 7.05 Å². The van der Waals surface area contributed by atoms with E-state index in [4.69, 9.17) is 18.7 Å². The van der Waals surface area contributed by atoms with Crippen LogP contribution < -0.4 is 5.32 Å². The van der Waals surface area contributed by atoms with Gasteiger partial charge in [0.2, 0.25) is 0 Å². The zero-order valence-electron chi connectivity index (χ0n) is 10.7. The maximum Gasteiger partial charge on any atom is 0.505 e. The molecule has 0 saturated carbocycles. The largest absolute Gasteiger partial charge is 0.505 e. The van der Waals surface area contributed by atoms with Crippen LogP contribution in [0.2, 0.25) is 0 Å². The van der Waals surface area contributed by atoms with Crippen LogP contribution >= 0.6 is 8.60 Å². The normalized spacial score (nSPS) is 13.6. The lowest BCUT2D eigenvalue weighted by molar-refractivity contribution is -0.137. The van der Waals surface area contributed by atoms with Gasteiger partial charge in [-0.2, -0.15) is 0 Å². The van der Waals surface area contributed by atoms with Gasteiger partial charge in [0.05, 0.1) is 13.2 Å². The summed E-state index contributed by atoms with van der Waals surface area (Å²) in [7, 11) is 1.61. The average Bonchev–Trinajstić information content (AvgIpc) is 2.39. The minimum atomic E-state index is -1.58. The van der Waals surface area contributed by atoms with Crippen molar-refractivity contribution in [3.05, 3.63) is 0 Å². The fourth-order valence-electron chi connectivity index (χ4n) is 0.878. The Hall–Kier alpha value is -0.990. The molecule has 10 heteroatoms. The first-order valence-electron chi connectivity index (χ1n) is 5.33. The number of carbonyl (C=O) groups is 2. The Balaban J connectivity index is 3.96. The summed E-state index contributed by atoms with van der Waals surface area (Å²) in [6.07, 6.45) is -2.31. The van der Waals surface area contributed by atoms with E-state index in [9.17, 15) is 9.59 Å². The first-order valence-corrected chi connectivity index (χ1v) is 6.43. The predicted molar refractivity (Wildman–Crippen MR) is 64.7 cm³/mol. The molecule has 0 fully saturated rings. The maximum atomic E-state index is 10.2. The molecule has 0 spiro atoms. The zero-order chi connectivity index (χ0) is 14.5. The van der Waals surface area contributed by atoms with E-state index in [-0.39, 0.29) is 19.7 Å². The molecular weight excluding hydrogens is 281 g/mol. The Morgan fingerprint density at radius 1 is 1.42 bits per heavy atom. The van der Waals surface area contributed by atoms with Crippen molar-refractivity contribution in [1.29, 1.82) is 0 Å². The number of carbonyl (C=O) groups excluding carboxylic acids is 1. The Labute approximate surface area is 112 Å². The van der Waals surface area contributed by atoms with Gasteiger partial charge >= 0.3 is 14.8 Å². The lowest BCUT2D eigenvalue weighted by atomic mass is 10.4. The fourth-order valence-corrected chi connectivity index (χ4v) is 1.69. The van der Waals surface area contributed by atoms with E-state index in [1.807, 2.05) is 0 Å². The molecule has 19 heavy (non-hydrogen) atoms. The van der Waals surface area contributed by atoms with Gasteiger partial charge in [-0.25, -0.2) is 4.79 Å². The topological polar surface area (TPSA) is 113 Å². The third kappa shape index (κ3) is 10.6. The maximum absolute atomic E-state index is 10.2. The molecule has 0 amide bonds. The van der Waals surface area contributed by atoms with Gasteiger partial charge in [0.15, 0.2) is 6.10 Å². The number of carboxylic acid groups (broad SMARTS) is 1. The summed E-state index contributed by atoms with van der Waals surface area (Å²) in [5, 5.41) is 11.2. The van der Waals surface area contributed by atoms with Crippen LogP contribution in [-0.2, 0) is 27.8 Å². The fraction of sp³-hybridized carbons (Fsp3) is 0.778. The highest BCUT2D eigenvalue weighted by Crippen LogP contribution is 2.38. The second-order valence-corrected chi connectivity index (χ2v) is 4.40. The van der Waals surface area contributed by atoms with Crippen LogP contribution in [-0.4, -0.2) is 64.4 Å². The number of nitrogens with one attached hydrogen (secondary N) is 1. The number of ether oxygens (including phenoxy) is 2. The summed E-state index contributed by atoms with van der Waals surface area (Å²) in [5.74, 6) is 0. The second kappa shape index (κ2) is 12.1. The Morgan fingerprint density at radius 2 is 2.16 bits per heavy atom. The average molecular weight is 299 g/mol. The van der Waals surface area contributed by atoms with Crippen LogP contribution in [0, 0.1) is 0 Å². The molecule has 0 aromatic carbocycles. The molecule has 2 N–H and O–H groups in total. The predicted octanol–water partition coefficient (Wildman–Crippen LogP) is 0.348. The standard InChI is InChI=1S/C9H18NO8P/c1-10-3-4-17-19(14-2)18-6-8(16-7-11)5-15-9(12)13/h7-8,10H,3-6H2,1-2H3,(H,12,13). The third-order valence-electron chi connectivity index (χ3n) is 1.70. The number of rotatable bonds is 12. The molecule has 0 heterocycles. The SMILES string of the molecule is CNCCOP(OC)OCC(COC(=O)O)OC=O. The summed E-state index contributed by atoms with van der Waals surface area (Å²) in [5.41, 5.74) is 0. The van der Waals surface area contributed by atoms with Gasteiger partial charge in [0, 0.05) is 13.7 Å². The highest BCUT2D eigenvalue weighted by molar-refractivity contribution is 7.41. The Kier molecular flexibility index (Phi) is 11.4. The van der Waals surface area contributed by atoms with Crippen LogP contribution in [0.3, 0.4) is 0 Å². The van der Waals surface area contributed by atoms with E-state index in [0.29, 0.717) is 13.2 Å². The van der Waals surface area contributed by atoms with Crippen molar-refractivity contribution >= 4 is 21.2 Å². The molecule has 0 aromatic heterocycles. The van der Waals surface area contributed by atoms with E-state index >= 15 is 0 Å². The van der Waals surface area contributed by atoms with E-state index < -0.39 is 20.9 Å².